The Labute approximate surface area is 164 Å². The summed E-state index contributed by atoms with van der Waals surface area (Å²) in [5.41, 5.74) is -1.42. The van der Waals surface area contributed by atoms with Gasteiger partial charge in [-0.05, 0) is 12.6 Å². The fourth-order valence-electron chi connectivity index (χ4n) is 2.99. The van der Waals surface area contributed by atoms with Gasteiger partial charge >= 0.3 is 0 Å². The number of hydrogen-bond acceptors (Lipinski definition) is 8. The highest BCUT2D eigenvalue weighted by Crippen LogP contribution is 2.19. The topological polar surface area (TPSA) is 134 Å². The molecule has 1 amide bonds. The van der Waals surface area contributed by atoms with E-state index in [-0.39, 0.29) is 6.61 Å². The molecule has 1 fully saturated rings. The van der Waals surface area contributed by atoms with Crippen molar-refractivity contribution >= 4 is 5.91 Å². The summed E-state index contributed by atoms with van der Waals surface area (Å²) in [7, 11) is 1.91. The standard InChI is InChI=1S/C19H30N2O7/c1-20-7-9-21(10-8-20)18(26)16(24)15(23)17(25)19(27,12-22)13-28-11-14-5-3-2-4-6-14/h2-6,15-17,22-25,27H,7-13H2,1H3/t15-,16-,17+,19?/m1/s1. The number of rotatable bonds is 9. The molecular weight excluding hydrogens is 368 g/mol. The molecular formula is C19H30N2O7. The lowest BCUT2D eigenvalue weighted by Gasteiger charge is -2.37. The molecule has 1 heterocycles. The van der Waals surface area contributed by atoms with Crippen LogP contribution in [-0.4, -0.2) is 112 Å². The van der Waals surface area contributed by atoms with Gasteiger partial charge in [0.2, 0.25) is 0 Å². The normalized spacial score (nSPS) is 21.0. The highest BCUT2D eigenvalue weighted by molar-refractivity contribution is 5.81. The monoisotopic (exact) mass is 398 g/mol. The number of aliphatic hydroxyl groups excluding tert-OH is 4. The summed E-state index contributed by atoms with van der Waals surface area (Å²) in [6, 6.07) is 9.08. The Balaban J connectivity index is 1.93. The summed E-state index contributed by atoms with van der Waals surface area (Å²) in [6.07, 6.45) is -5.89. The highest BCUT2D eigenvalue weighted by atomic mass is 16.5. The van der Waals surface area contributed by atoms with Crippen molar-refractivity contribution in [3.05, 3.63) is 35.9 Å². The summed E-state index contributed by atoms with van der Waals surface area (Å²) < 4.78 is 5.35. The van der Waals surface area contributed by atoms with E-state index in [0.717, 1.165) is 5.56 Å². The van der Waals surface area contributed by atoms with Crippen LogP contribution < -0.4 is 0 Å². The molecule has 0 radical (unpaired) electrons. The number of aliphatic hydroxyl groups is 5. The van der Waals surface area contributed by atoms with E-state index in [2.05, 4.69) is 0 Å². The van der Waals surface area contributed by atoms with Gasteiger partial charge in [-0.15, -0.1) is 0 Å². The summed E-state index contributed by atoms with van der Waals surface area (Å²) in [4.78, 5) is 15.8. The SMILES string of the molecule is CN1CCN(C(=O)[C@H](O)[C@@H](O)[C@H](O)C(O)(CO)COCc2ccccc2)CC1. The number of amides is 1. The van der Waals surface area contributed by atoms with Crippen molar-refractivity contribution in [2.24, 2.45) is 0 Å². The number of likely N-dealkylation sites (N-methyl/N-ethyl adjacent to an activating group) is 1. The third-order valence-corrected chi connectivity index (χ3v) is 5.00. The lowest BCUT2D eigenvalue weighted by molar-refractivity contribution is -0.195. The van der Waals surface area contributed by atoms with Crippen LogP contribution in [0.25, 0.3) is 0 Å². The summed E-state index contributed by atoms with van der Waals surface area (Å²) in [5, 5.41) is 50.7. The molecule has 9 heteroatoms. The largest absolute Gasteiger partial charge is 0.393 e. The number of ether oxygens (including phenoxy) is 1. The number of carbonyl (C=O) groups is 1. The Kier molecular flexibility index (Phi) is 8.32. The van der Waals surface area contributed by atoms with Crippen molar-refractivity contribution in [2.75, 3.05) is 46.4 Å². The molecule has 0 aromatic heterocycles. The molecule has 1 aromatic carbocycles. The van der Waals surface area contributed by atoms with Gasteiger partial charge in [-0.3, -0.25) is 4.79 Å². The number of piperazine rings is 1. The van der Waals surface area contributed by atoms with E-state index in [4.69, 9.17) is 4.74 Å². The Morgan fingerprint density at radius 1 is 1.14 bits per heavy atom. The minimum Gasteiger partial charge on any atom is -0.393 e. The van der Waals surface area contributed by atoms with E-state index in [1.54, 1.807) is 0 Å². The molecule has 2 rings (SSSR count). The average Bonchev–Trinajstić information content (AvgIpc) is 2.72. The van der Waals surface area contributed by atoms with Crippen LogP contribution in [0, 0.1) is 0 Å². The molecule has 1 aliphatic heterocycles. The first-order valence-corrected chi connectivity index (χ1v) is 9.25. The molecule has 5 N–H and O–H groups in total. The predicted octanol–water partition coefficient (Wildman–Crippen LogP) is -2.22. The third kappa shape index (κ3) is 5.71. The van der Waals surface area contributed by atoms with Crippen LogP contribution in [0.3, 0.4) is 0 Å². The van der Waals surface area contributed by atoms with E-state index in [9.17, 15) is 30.3 Å². The second-order valence-electron chi connectivity index (χ2n) is 7.25. The lowest BCUT2D eigenvalue weighted by Crippen LogP contribution is -2.61. The molecule has 0 bridgehead atoms. The molecule has 4 atom stereocenters. The van der Waals surface area contributed by atoms with Gasteiger partial charge < -0.3 is 40.1 Å². The van der Waals surface area contributed by atoms with Gasteiger partial charge in [-0.2, -0.15) is 0 Å². The first-order valence-electron chi connectivity index (χ1n) is 9.25. The molecule has 9 nitrogen and oxygen atoms in total. The molecule has 1 unspecified atom stereocenters. The maximum absolute atomic E-state index is 12.4. The van der Waals surface area contributed by atoms with Gasteiger partial charge in [0.05, 0.1) is 19.8 Å². The van der Waals surface area contributed by atoms with Gasteiger partial charge in [0, 0.05) is 26.2 Å². The van der Waals surface area contributed by atoms with Gasteiger partial charge in [0.1, 0.15) is 17.8 Å². The molecule has 1 aliphatic rings. The second kappa shape index (κ2) is 10.3. The van der Waals surface area contributed by atoms with Crippen LogP contribution in [-0.2, 0) is 16.1 Å². The Morgan fingerprint density at radius 2 is 1.75 bits per heavy atom. The Bertz CT molecular complexity index is 610. The summed E-state index contributed by atoms with van der Waals surface area (Å²) in [5.74, 6) is -0.731. The number of hydrogen-bond donors (Lipinski definition) is 5. The highest BCUT2D eigenvalue weighted by Gasteiger charge is 2.45. The number of carbonyl (C=O) groups excluding carboxylic acids is 1. The van der Waals surface area contributed by atoms with Crippen molar-refractivity contribution in [2.45, 2.75) is 30.5 Å². The molecule has 1 saturated heterocycles. The van der Waals surface area contributed by atoms with E-state index >= 15 is 0 Å². The molecule has 28 heavy (non-hydrogen) atoms. The van der Waals surface area contributed by atoms with E-state index in [0.29, 0.717) is 26.2 Å². The fraction of sp³-hybridized carbons (Fsp3) is 0.632. The van der Waals surface area contributed by atoms with Crippen molar-refractivity contribution in [1.29, 1.82) is 0 Å². The van der Waals surface area contributed by atoms with E-state index in [1.165, 1.54) is 4.90 Å². The quantitative estimate of drug-likeness (QED) is 0.316. The fourth-order valence-corrected chi connectivity index (χ4v) is 2.99. The van der Waals surface area contributed by atoms with Crippen LogP contribution in [0.2, 0.25) is 0 Å². The number of nitrogens with zero attached hydrogens (tertiary/aromatic N) is 2. The zero-order valence-electron chi connectivity index (χ0n) is 16.0. The predicted molar refractivity (Wildman–Crippen MR) is 100 cm³/mol. The average molecular weight is 398 g/mol. The van der Waals surface area contributed by atoms with Gasteiger partial charge in [0.15, 0.2) is 6.10 Å². The van der Waals surface area contributed by atoms with E-state index in [1.807, 2.05) is 42.3 Å². The minimum absolute atomic E-state index is 0.120. The lowest BCUT2D eigenvalue weighted by atomic mass is 9.91. The zero-order chi connectivity index (χ0) is 20.7. The van der Waals surface area contributed by atoms with Crippen molar-refractivity contribution in [1.82, 2.24) is 9.80 Å². The van der Waals surface area contributed by atoms with Crippen LogP contribution >= 0.6 is 0 Å². The minimum atomic E-state index is -2.24. The third-order valence-electron chi connectivity index (χ3n) is 5.00. The maximum Gasteiger partial charge on any atom is 0.254 e. The zero-order valence-corrected chi connectivity index (χ0v) is 16.0. The number of benzene rings is 1. The van der Waals surface area contributed by atoms with Gasteiger partial charge in [0.25, 0.3) is 5.91 Å². The Morgan fingerprint density at radius 3 is 2.32 bits per heavy atom. The van der Waals surface area contributed by atoms with Gasteiger partial charge in [-0.1, -0.05) is 30.3 Å². The summed E-state index contributed by atoms with van der Waals surface area (Å²) in [6.45, 7) is 0.742. The smallest absolute Gasteiger partial charge is 0.254 e. The van der Waals surface area contributed by atoms with Crippen molar-refractivity contribution in [3.63, 3.8) is 0 Å². The van der Waals surface area contributed by atoms with Gasteiger partial charge in [-0.25, -0.2) is 0 Å². The van der Waals surface area contributed by atoms with E-state index < -0.39 is 43.0 Å². The first-order chi connectivity index (χ1) is 13.3. The van der Waals surface area contributed by atoms with Crippen LogP contribution in [0.4, 0.5) is 0 Å². The van der Waals surface area contributed by atoms with Crippen LogP contribution in [0.5, 0.6) is 0 Å². The molecule has 0 aliphatic carbocycles. The molecule has 1 aromatic rings. The second-order valence-corrected chi connectivity index (χ2v) is 7.25. The molecule has 0 saturated carbocycles. The maximum atomic E-state index is 12.4. The van der Waals surface area contributed by atoms with Crippen LogP contribution in [0.1, 0.15) is 5.56 Å². The van der Waals surface area contributed by atoms with Crippen LogP contribution in [0.15, 0.2) is 30.3 Å². The molecule has 158 valence electrons. The first kappa shape index (κ1) is 22.7. The molecule has 0 spiro atoms. The van der Waals surface area contributed by atoms with Crippen molar-refractivity contribution < 1.29 is 35.1 Å². The summed E-state index contributed by atoms with van der Waals surface area (Å²) >= 11 is 0. The Hall–Kier alpha value is -1.59. The van der Waals surface area contributed by atoms with Crippen molar-refractivity contribution in [3.8, 4) is 0 Å².